The van der Waals surface area contributed by atoms with Crippen LogP contribution in [0.1, 0.15) is 22.7 Å². The van der Waals surface area contributed by atoms with Gasteiger partial charge in [0, 0.05) is 5.56 Å². The van der Waals surface area contributed by atoms with Gasteiger partial charge in [0.25, 0.3) is 11.7 Å². The molecule has 1 aliphatic rings. The third kappa shape index (κ3) is 3.44. The number of halogens is 1. The number of aliphatic hydroxyl groups excluding tert-OH is 1. The van der Waals surface area contributed by atoms with Crippen molar-refractivity contribution in [1.29, 1.82) is 0 Å². The van der Waals surface area contributed by atoms with Crippen molar-refractivity contribution in [2.24, 2.45) is 0 Å². The molecule has 1 atom stereocenters. The van der Waals surface area contributed by atoms with Crippen molar-refractivity contribution in [3.05, 3.63) is 76.6 Å². The first-order chi connectivity index (χ1) is 12.8. The van der Waals surface area contributed by atoms with Crippen molar-refractivity contribution in [2.75, 3.05) is 6.54 Å². The van der Waals surface area contributed by atoms with Gasteiger partial charge in [0.2, 0.25) is 0 Å². The summed E-state index contributed by atoms with van der Waals surface area (Å²) in [7, 11) is 0. The molecular weight excluding hydrogens is 353 g/mol. The summed E-state index contributed by atoms with van der Waals surface area (Å²) in [6, 6.07) is 10.4. The topological polar surface area (TPSA) is 97.7 Å². The van der Waals surface area contributed by atoms with Gasteiger partial charge in [-0.25, -0.2) is 4.39 Å². The number of benzene rings is 2. The summed E-state index contributed by atoms with van der Waals surface area (Å²) in [5.74, 6) is -4.59. The number of hydrogen-bond donors (Lipinski definition) is 1. The van der Waals surface area contributed by atoms with Crippen LogP contribution in [0.5, 0.6) is 0 Å². The van der Waals surface area contributed by atoms with Crippen LogP contribution < -0.4 is 5.11 Å². The first-order valence-corrected chi connectivity index (χ1v) is 8.10. The smallest absolute Gasteiger partial charge is 0.295 e. The number of amides is 1. The van der Waals surface area contributed by atoms with Gasteiger partial charge in [-0.3, -0.25) is 9.59 Å². The average molecular weight is 368 g/mol. The molecule has 2 aromatic carbocycles. The van der Waals surface area contributed by atoms with Gasteiger partial charge in [0.1, 0.15) is 11.6 Å². The fraction of sp³-hybridized carbons (Fsp3) is 0.150. The number of carbonyl (C=O) groups is 3. The summed E-state index contributed by atoms with van der Waals surface area (Å²) in [5, 5.41) is 21.7. The number of carboxylic acid groups (broad SMARTS) is 1. The zero-order valence-electron chi connectivity index (χ0n) is 14.3. The zero-order valence-corrected chi connectivity index (χ0v) is 14.3. The number of rotatable bonds is 4. The minimum atomic E-state index is -1.56. The molecule has 7 heteroatoms. The second-order valence-corrected chi connectivity index (χ2v) is 6.22. The molecule has 3 rings (SSSR count). The third-order valence-corrected chi connectivity index (χ3v) is 4.35. The highest BCUT2D eigenvalue weighted by Crippen LogP contribution is 2.39. The molecular formula is C20H15FNO5-. The van der Waals surface area contributed by atoms with Crippen molar-refractivity contribution in [3.8, 4) is 0 Å². The monoisotopic (exact) mass is 368 g/mol. The Labute approximate surface area is 154 Å². The summed E-state index contributed by atoms with van der Waals surface area (Å²) < 4.78 is 13.3. The number of aryl methyl sites for hydroxylation is 1. The molecule has 0 saturated carbocycles. The predicted molar refractivity (Wildman–Crippen MR) is 91.6 cm³/mol. The predicted octanol–water partition coefficient (Wildman–Crippen LogP) is 1.31. The normalized spacial score (nSPS) is 18.7. The average Bonchev–Trinajstić information content (AvgIpc) is 2.87. The second kappa shape index (κ2) is 7.03. The first-order valence-electron chi connectivity index (χ1n) is 8.10. The summed E-state index contributed by atoms with van der Waals surface area (Å²) in [6.07, 6.45) is 0. The van der Waals surface area contributed by atoms with Crippen molar-refractivity contribution in [3.63, 3.8) is 0 Å². The molecule has 6 nitrogen and oxygen atoms in total. The molecule has 0 aliphatic carbocycles. The van der Waals surface area contributed by atoms with E-state index in [1.807, 2.05) is 6.92 Å². The number of nitrogens with zero attached hydrogens (tertiary/aromatic N) is 1. The number of Topliss-reactive ketones (excluding diaryl/α,β-unsaturated/α-hetero) is 1. The molecule has 0 unspecified atom stereocenters. The van der Waals surface area contributed by atoms with E-state index in [1.54, 1.807) is 24.3 Å². The third-order valence-electron chi connectivity index (χ3n) is 4.35. The lowest BCUT2D eigenvalue weighted by Gasteiger charge is -2.25. The molecule has 0 spiro atoms. The van der Waals surface area contributed by atoms with Crippen LogP contribution >= 0.6 is 0 Å². The molecule has 1 saturated heterocycles. The van der Waals surface area contributed by atoms with E-state index >= 15 is 0 Å². The van der Waals surface area contributed by atoms with E-state index in [-0.39, 0.29) is 5.57 Å². The molecule has 0 aromatic heterocycles. The van der Waals surface area contributed by atoms with Crippen LogP contribution in [0.25, 0.3) is 5.76 Å². The van der Waals surface area contributed by atoms with Crippen LogP contribution in [0.2, 0.25) is 0 Å². The number of carboxylic acids is 1. The molecule has 0 radical (unpaired) electrons. The Morgan fingerprint density at radius 1 is 1.11 bits per heavy atom. The SMILES string of the molecule is Cc1ccc(C(O)=C2C(=O)C(=O)N(CC(=O)[O-])[C@@H]2c2ccc(F)cc2)cc1. The lowest BCUT2D eigenvalue weighted by molar-refractivity contribution is -0.306. The Hall–Kier alpha value is -3.48. The van der Waals surface area contributed by atoms with Crippen LogP contribution in [0, 0.1) is 12.7 Å². The summed E-state index contributed by atoms with van der Waals surface area (Å²) in [6.45, 7) is 1.01. The van der Waals surface area contributed by atoms with Crippen LogP contribution in [0.15, 0.2) is 54.1 Å². The molecule has 2 aromatic rings. The van der Waals surface area contributed by atoms with Gasteiger partial charge in [-0.15, -0.1) is 0 Å². The van der Waals surface area contributed by atoms with Gasteiger partial charge < -0.3 is 19.9 Å². The lowest BCUT2D eigenvalue weighted by atomic mass is 9.95. The van der Waals surface area contributed by atoms with E-state index in [0.29, 0.717) is 11.1 Å². The second-order valence-electron chi connectivity index (χ2n) is 6.22. The molecule has 1 amide bonds. The molecule has 138 valence electrons. The Morgan fingerprint density at radius 2 is 1.70 bits per heavy atom. The van der Waals surface area contributed by atoms with Crippen molar-refractivity contribution >= 4 is 23.4 Å². The highest BCUT2D eigenvalue weighted by atomic mass is 19.1. The highest BCUT2D eigenvalue weighted by molar-refractivity contribution is 6.46. The quantitative estimate of drug-likeness (QED) is 0.498. The van der Waals surface area contributed by atoms with E-state index in [4.69, 9.17) is 0 Å². The fourth-order valence-electron chi connectivity index (χ4n) is 3.04. The number of likely N-dealkylation sites (tertiary alicyclic amines) is 1. The Balaban J connectivity index is 2.19. The molecule has 1 heterocycles. The van der Waals surface area contributed by atoms with E-state index < -0.39 is 41.8 Å². The van der Waals surface area contributed by atoms with Crippen LogP contribution in [0.3, 0.4) is 0 Å². The maximum atomic E-state index is 13.3. The number of ketones is 1. The van der Waals surface area contributed by atoms with E-state index in [1.165, 1.54) is 12.1 Å². The van der Waals surface area contributed by atoms with Gasteiger partial charge in [-0.2, -0.15) is 0 Å². The summed E-state index contributed by atoms with van der Waals surface area (Å²) in [4.78, 5) is 36.8. The molecule has 27 heavy (non-hydrogen) atoms. The number of aliphatic carboxylic acids is 1. The minimum Gasteiger partial charge on any atom is -0.548 e. The minimum absolute atomic E-state index is 0.253. The maximum absolute atomic E-state index is 13.3. The maximum Gasteiger partial charge on any atom is 0.295 e. The zero-order chi connectivity index (χ0) is 19.7. The lowest BCUT2D eigenvalue weighted by Crippen LogP contribution is -2.40. The summed E-state index contributed by atoms with van der Waals surface area (Å²) >= 11 is 0. The van der Waals surface area contributed by atoms with E-state index in [2.05, 4.69) is 0 Å². The molecule has 0 bridgehead atoms. The largest absolute Gasteiger partial charge is 0.548 e. The molecule has 1 aliphatic heterocycles. The van der Waals surface area contributed by atoms with Crippen molar-refractivity contribution in [2.45, 2.75) is 13.0 Å². The van der Waals surface area contributed by atoms with Crippen LogP contribution in [-0.4, -0.2) is 34.2 Å². The fourth-order valence-corrected chi connectivity index (χ4v) is 3.04. The first kappa shape index (κ1) is 18.3. The highest BCUT2D eigenvalue weighted by Gasteiger charge is 2.46. The van der Waals surface area contributed by atoms with E-state index in [9.17, 15) is 29.0 Å². The van der Waals surface area contributed by atoms with Crippen LogP contribution in [0.4, 0.5) is 4.39 Å². The Kier molecular flexibility index (Phi) is 4.77. The molecule has 1 N–H and O–H groups in total. The Bertz CT molecular complexity index is 947. The standard InChI is InChI=1S/C20H16FNO5/c1-11-2-4-13(5-3-11)18(25)16-17(12-6-8-14(21)9-7-12)22(10-15(23)24)20(27)19(16)26/h2-9,17,25H,10H2,1H3,(H,23,24)/p-1/t17-/m1/s1. The number of hydrogen-bond acceptors (Lipinski definition) is 5. The van der Waals surface area contributed by atoms with Crippen LogP contribution in [-0.2, 0) is 14.4 Å². The number of aliphatic hydroxyl groups is 1. The Morgan fingerprint density at radius 3 is 2.26 bits per heavy atom. The van der Waals surface area contributed by atoms with Gasteiger partial charge in [-0.1, -0.05) is 42.0 Å². The number of carbonyl (C=O) groups excluding carboxylic acids is 3. The van der Waals surface area contributed by atoms with Gasteiger partial charge in [0.05, 0.1) is 24.1 Å². The van der Waals surface area contributed by atoms with Crippen molar-refractivity contribution < 1.29 is 29.0 Å². The van der Waals surface area contributed by atoms with E-state index in [0.717, 1.165) is 22.6 Å². The van der Waals surface area contributed by atoms with Gasteiger partial charge >= 0.3 is 0 Å². The summed E-state index contributed by atoms with van der Waals surface area (Å²) in [5.41, 5.74) is 1.28. The van der Waals surface area contributed by atoms with Gasteiger partial charge in [-0.05, 0) is 24.6 Å². The van der Waals surface area contributed by atoms with Crippen molar-refractivity contribution in [1.82, 2.24) is 4.90 Å². The molecule has 1 fully saturated rings. The van der Waals surface area contributed by atoms with Gasteiger partial charge in [0.15, 0.2) is 0 Å².